The van der Waals surface area contributed by atoms with Crippen LogP contribution in [0.25, 0.3) is 0 Å². The Kier molecular flexibility index (Phi) is 28.0. The summed E-state index contributed by atoms with van der Waals surface area (Å²) < 4.78 is 0. The van der Waals surface area contributed by atoms with Gasteiger partial charge in [0.05, 0.1) is 17.6 Å². The van der Waals surface area contributed by atoms with Crippen LogP contribution in [0.3, 0.4) is 0 Å². The molecule has 0 aromatic carbocycles. The van der Waals surface area contributed by atoms with Crippen LogP contribution in [0.4, 0.5) is 11.5 Å². The van der Waals surface area contributed by atoms with Gasteiger partial charge in [-0.3, -0.25) is 4.99 Å². The predicted octanol–water partition coefficient (Wildman–Crippen LogP) is 7.94. The fraction of sp³-hybridized carbons (Fsp3) is 0.778. The Morgan fingerprint density at radius 3 is 2.12 bits per heavy atom. The molecule has 0 aliphatic heterocycles. The van der Waals surface area contributed by atoms with Crippen molar-refractivity contribution in [2.24, 2.45) is 10.9 Å². The molecule has 5 heteroatoms. The Bertz CT molecular complexity index is 515. The number of nitrogens with one attached hydrogen (secondary N) is 2. The molecule has 0 saturated heterocycles. The second kappa shape index (κ2) is 25.6. The third kappa shape index (κ3) is 20.3. The number of aromatic nitrogens is 1. The SMILES string of the molecule is CC.CC.CC.CCCC1CC1.CCCNCCC(C)(CC)N=CNc1cccnc1N. The van der Waals surface area contributed by atoms with Crippen molar-refractivity contribution in [1.82, 2.24) is 10.3 Å². The lowest BCUT2D eigenvalue weighted by atomic mass is 9.95. The van der Waals surface area contributed by atoms with Gasteiger partial charge in [0.25, 0.3) is 0 Å². The summed E-state index contributed by atoms with van der Waals surface area (Å²) in [6, 6.07) is 3.74. The topological polar surface area (TPSA) is 75.3 Å². The van der Waals surface area contributed by atoms with Crippen molar-refractivity contribution >= 4 is 17.8 Å². The molecule has 1 aliphatic rings. The Labute approximate surface area is 201 Å². The number of hydrogen-bond donors (Lipinski definition) is 3. The fourth-order valence-corrected chi connectivity index (χ4v) is 2.60. The van der Waals surface area contributed by atoms with E-state index in [1.54, 1.807) is 12.5 Å². The van der Waals surface area contributed by atoms with Gasteiger partial charge in [-0.2, -0.15) is 0 Å². The molecule has 0 bridgehead atoms. The quantitative estimate of drug-likeness (QED) is 0.181. The largest absolute Gasteiger partial charge is 0.382 e. The average Bonchev–Trinajstić information content (AvgIpc) is 3.67. The molecule has 1 aliphatic carbocycles. The summed E-state index contributed by atoms with van der Waals surface area (Å²) in [7, 11) is 0. The Balaban J connectivity index is -0.000000579. The second-order valence-corrected chi connectivity index (χ2v) is 7.42. The molecule has 0 radical (unpaired) electrons. The number of nitrogens with zero attached hydrogens (tertiary/aromatic N) is 2. The zero-order valence-corrected chi connectivity index (χ0v) is 23.2. The van der Waals surface area contributed by atoms with E-state index in [-0.39, 0.29) is 5.54 Å². The first-order chi connectivity index (χ1) is 15.5. The van der Waals surface area contributed by atoms with Crippen LogP contribution >= 0.6 is 0 Å². The lowest BCUT2D eigenvalue weighted by molar-refractivity contribution is 0.410. The lowest BCUT2D eigenvalue weighted by Gasteiger charge is -2.23. The molecular weight excluding hydrogens is 394 g/mol. The highest BCUT2D eigenvalue weighted by molar-refractivity contribution is 5.80. The smallest absolute Gasteiger partial charge is 0.147 e. The van der Waals surface area contributed by atoms with Crippen LogP contribution < -0.4 is 16.4 Å². The molecule has 1 aromatic rings. The van der Waals surface area contributed by atoms with Gasteiger partial charge in [-0.1, -0.05) is 88.0 Å². The van der Waals surface area contributed by atoms with Gasteiger partial charge >= 0.3 is 0 Å². The van der Waals surface area contributed by atoms with E-state index in [1.807, 2.05) is 53.7 Å². The van der Waals surface area contributed by atoms with E-state index in [0.29, 0.717) is 5.82 Å². The normalized spacial score (nSPS) is 13.6. The van der Waals surface area contributed by atoms with Gasteiger partial charge in [-0.15, -0.1) is 0 Å². The molecule has 1 saturated carbocycles. The van der Waals surface area contributed by atoms with Gasteiger partial charge in [-0.25, -0.2) is 4.98 Å². The number of nitrogen functional groups attached to an aromatic ring is 1. The van der Waals surface area contributed by atoms with Gasteiger partial charge in [0.2, 0.25) is 0 Å². The van der Waals surface area contributed by atoms with Gasteiger partial charge in [0.15, 0.2) is 0 Å². The maximum Gasteiger partial charge on any atom is 0.147 e. The highest BCUT2D eigenvalue weighted by atomic mass is 15.0. The number of nitrogens with two attached hydrogens (primary N) is 1. The molecule has 1 atom stereocenters. The molecule has 1 fully saturated rings. The number of pyridine rings is 1. The van der Waals surface area contributed by atoms with Crippen LogP contribution in [0.5, 0.6) is 0 Å². The third-order valence-corrected chi connectivity index (χ3v) is 4.86. The minimum absolute atomic E-state index is 0.0509. The van der Waals surface area contributed by atoms with E-state index < -0.39 is 0 Å². The van der Waals surface area contributed by atoms with Crippen LogP contribution in [0.2, 0.25) is 0 Å². The summed E-state index contributed by atoms with van der Waals surface area (Å²) >= 11 is 0. The molecule has 0 spiro atoms. The number of aliphatic imine (C=N–C) groups is 1. The molecule has 1 heterocycles. The predicted molar refractivity (Wildman–Crippen MR) is 149 cm³/mol. The van der Waals surface area contributed by atoms with E-state index in [2.05, 4.69) is 48.3 Å². The third-order valence-electron chi connectivity index (χ3n) is 4.86. The van der Waals surface area contributed by atoms with E-state index in [1.165, 1.54) is 25.7 Å². The summed E-state index contributed by atoms with van der Waals surface area (Å²) in [5.74, 6) is 1.64. The summed E-state index contributed by atoms with van der Waals surface area (Å²) in [6.45, 7) is 22.8. The lowest BCUT2D eigenvalue weighted by Crippen LogP contribution is -2.28. The van der Waals surface area contributed by atoms with Crippen LogP contribution in [0.15, 0.2) is 23.3 Å². The van der Waals surface area contributed by atoms with E-state index in [9.17, 15) is 0 Å². The summed E-state index contributed by atoms with van der Waals surface area (Å²) in [6.07, 6.45) is 12.5. The molecule has 2 rings (SSSR count). The van der Waals surface area contributed by atoms with Crippen molar-refractivity contribution in [3.8, 4) is 0 Å². The van der Waals surface area contributed by atoms with Crippen LogP contribution in [0, 0.1) is 5.92 Å². The van der Waals surface area contributed by atoms with Crippen molar-refractivity contribution in [3.05, 3.63) is 18.3 Å². The van der Waals surface area contributed by atoms with Crippen molar-refractivity contribution in [2.45, 2.75) is 120 Å². The maximum absolute atomic E-state index is 5.77. The first-order valence-electron chi connectivity index (χ1n) is 13.3. The summed E-state index contributed by atoms with van der Waals surface area (Å²) in [5, 5.41) is 6.52. The highest BCUT2D eigenvalue weighted by Gasteiger charge is 2.19. The minimum atomic E-state index is -0.0509. The zero-order chi connectivity index (χ0) is 25.3. The van der Waals surface area contributed by atoms with E-state index in [0.717, 1.165) is 44.0 Å². The van der Waals surface area contributed by atoms with Crippen molar-refractivity contribution in [2.75, 3.05) is 24.1 Å². The summed E-state index contributed by atoms with van der Waals surface area (Å²) in [4.78, 5) is 8.68. The first kappa shape index (κ1) is 35.0. The van der Waals surface area contributed by atoms with Gasteiger partial charge in [-0.05, 0) is 57.3 Å². The Hall–Kier alpha value is -1.62. The van der Waals surface area contributed by atoms with Crippen LogP contribution in [-0.2, 0) is 0 Å². The molecule has 5 nitrogen and oxygen atoms in total. The first-order valence-corrected chi connectivity index (χ1v) is 13.3. The number of hydrogen-bond acceptors (Lipinski definition) is 4. The van der Waals surface area contributed by atoms with Crippen LogP contribution in [-0.4, -0.2) is 30.0 Å². The van der Waals surface area contributed by atoms with E-state index in [4.69, 9.17) is 5.73 Å². The molecule has 1 aromatic heterocycles. The van der Waals surface area contributed by atoms with Crippen molar-refractivity contribution < 1.29 is 0 Å². The maximum atomic E-state index is 5.77. The van der Waals surface area contributed by atoms with Gasteiger partial charge in [0, 0.05) is 6.20 Å². The average molecular weight is 452 g/mol. The van der Waals surface area contributed by atoms with E-state index >= 15 is 0 Å². The molecule has 32 heavy (non-hydrogen) atoms. The summed E-state index contributed by atoms with van der Waals surface area (Å²) in [5.41, 5.74) is 6.51. The second-order valence-electron chi connectivity index (χ2n) is 7.42. The monoisotopic (exact) mass is 451 g/mol. The standard InChI is InChI=1S/C15H27N5.C6H12.3C2H6/c1-4-9-17-11-8-15(3,5-2)20-12-19-13-7-6-10-18-14(13)16;1-2-3-6-4-5-6;3*1-2/h6-7,10,12,17H,4-5,8-9,11H2,1-3H3,(H2,16,18)(H,19,20);6H,2-5H2,1H3;3*1-2H3. The van der Waals surface area contributed by atoms with Crippen LogP contribution in [0.1, 0.15) is 114 Å². The van der Waals surface area contributed by atoms with Crippen molar-refractivity contribution in [1.29, 1.82) is 0 Å². The molecule has 190 valence electrons. The number of anilines is 2. The van der Waals surface area contributed by atoms with Gasteiger partial charge < -0.3 is 16.4 Å². The molecule has 4 N–H and O–H groups in total. The molecular formula is C27H57N5. The fourth-order valence-electron chi connectivity index (χ4n) is 2.60. The van der Waals surface area contributed by atoms with Gasteiger partial charge in [0.1, 0.15) is 5.82 Å². The Morgan fingerprint density at radius 1 is 1.06 bits per heavy atom. The number of rotatable bonds is 11. The Morgan fingerprint density at radius 2 is 1.69 bits per heavy atom. The highest BCUT2D eigenvalue weighted by Crippen LogP contribution is 2.33. The zero-order valence-electron chi connectivity index (χ0n) is 23.2. The van der Waals surface area contributed by atoms with Crippen molar-refractivity contribution in [3.63, 3.8) is 0 Å². The molecule has 0 amide bonds. The minimum Gasteiger partial charge on any atom is -0.382 e. The molecule has 1 unspecified atom stereocenters.